The molecule has 114 valence electrons. The topological polar surface area (TPSA) is 71.5 Å². The maximum absolute atomic E-state index is 12.3. The van der Waals surface area contributed by atoms with Crippen LogP contribution in [0, 0.1) is 0 Å². The molecule has 5 nitrogen and oxygen atoms in total. The molecule has 1 rings (SSSR count). The standard InChI is InChI=1S/C10H12BrCl2NO4S2/c1-14(3-4-19(2,15)16)20(17,18)10-8(12)5-7(11)6-9(10)13/h5-6H,3-4H2,1-2H3. The molecule has 0 fully saturated rings. The second-order valence-corrected chi connectivity index (χ2v) is 10.1. The van der Waals surface area contributed by atoms with Gasteiger partial charge in [-0.15, -0.1) is 0 Å². The van der Waals surface area contributed by atoms with E-state index in [0.29, 0.717) is 4.47 Å². The number of hydrogen-bond donors (Lipinski definition) is 0. The highest BCUT2D eigenvalue weighted by Crippen LogP contribution is 2.34. The van der Waals surface area contributed by atoms with Gasteiger partial charge in [0.1, 0.15) is 14.7 Å². The second kappa shape index (κ2) is 6.50. The Kier molecular flexibility index (Phi) is 5.91. The Morgan fingerprint density at radius 2 is 1.60 bits per heavy atom. The average Bonchev–Trinajstić information content (AvgIpc) is 2.22. The zero-order chi connectivity index (χ0) is 15.7. The van der Waals surface area contributed by atoms with Gasteiger partial charge in [0.05, 0.1) is 15.8 Å². The molecule has 0 aromatic heterocycles. The van der Waals surface area contributed by atoms with Crippen LogP contribution in [0.4, 0.5) is 0 Å². The van der Waals surface area contributed by atoms with Crippen LogP contribution in [0.1, 0.15) is 0 Å². The lowest BCUT2D eigenvalue weighted by Gasteiger charge is -2.18. The number of halogens is 3. The first-order valence-electron chi connectivity index (χ1n) is 5.24. The minimum Gasteiger partial charge on any atom is -0.229 e. The molecule has 0 amide bonds. The van der Waals surface area contributed by atoms with Crippen molar-refractivity contribution in [3.8, 4) is 0 Å². The quantitative estimate of drug-likeness (QED) is 0.727. The molecule has 0 radical (unpaired) electrons. The van der Waals surface area contributed by atoms with E-state index in [2.05, 4.69) is 15.9 Å². The summed E-state index contributed by atoms with van der Waals surface area (Å²) in [7, 11) is -5.95. The Hall–Kier alpha value is 0.140. The monoisotopic (exact) mass is 423 g/mol. The molecule has 1 aromatic rings. The fraction of sp³-hybridized carbons (Fsp3) is 0.400. The van der Waals surface area contributed by atoms with Crippen molar-refractivity contribution in [2.24, 2.45) is 0 Å². The van der Waals surface area contributed by atoms with Gasteiger partial charge in [-0.3, -0.25) is 0 Å². The van der Waals surface area contributed by atoms with Crippen LogP contribution in [-0.4, -0.2) is 46.7 Å². The fourth-order valence-electron chi connectivity index (χ4n) is 1.35. The lowest BCUT2D eigenvalue weighted by atomic mass is 10.4. The average molecular weight is 425 g/mol. The van der Waals surface area contributed by atoms with Gasteiger partial charge in [0.15, 0.2) is 0 Å². The molecule has 0 aliphatic carbocycles. The zero-order valence-corrected chi connectivity index (χ0v) is 15.3. The summed E-state index contributed by atoms with van der Waals surface area (Å²) >= 11 is 15.0. The molecule has 0 N–H and O–H groups in total. The molecule has 0 aliphatic heterocycles. The third-order valence-electron chi connectivity index (χ3n) is 2.41. The van der Waals surface area contributed by atoms with Crippen LogP contribution >= 0.6 is 39.1 Å². The summed E-state index contributed by atoms with van der Waals surface area (Å²) < 4.78 is 48.4. The highest BCUT2D eigenvalue weighted by molar-refractivity contribution is 9.10. The van der Waals surface area contributed by atoms with Gasteiger partial charge in [0, 0.05) is 24.3 Å². The summed E-state index contributed by atoms with van der Waals surface area (Å²) in [5.41, 5.74) is 0. The van der Waals surface area contributed by atoms with E-state index in [4.69, 9.17) is 23.2 Å². The van der Waals surface area contributed by atoms with Crippen molar-refractivity contribution in [2.75, 3.05) is 25.6 Å². The van der Waals surface area contributed by atoms with Crippen LogP contribution in [0.3, 0.4) is 0 Å². The molecular weight excluding hydrogens is 413 g/mol. The largest absolute Gasteiger partial charge is 0.245 e. The van der Waals surface area contributed by atoms with Gasteiger partial charge in [-0.05, 0) is 12.1 Å². The van der Waals surface area contributed by atoms with Crippen LogP contribution in [0.15, 0.2) is 21.5 Å². The van der Waals surface area contributed by atoms with Crippen LogP contribution in [0.5, 0.6) is 0 Å². The van der Waals surface area contributed by atoms with E-state index in [1.807, 2.05) is 0 Å². The lowest BCUT2D eigenvalue weighted by molar-refractivity contribution is 0.485. The lowest BCUT2D eigenvalue weighted by Crippen LogP contribution is -2.31. The Labute approximate surface area is 137 Å². The molecule has 0 spiro atoms. The normalized spacial score (nSPS) is 12.9. The molecule has 0 bridgehead atoms. The fourth-order valence-corrected chi connectivity index (χ4v) is 5.11. The van der Waals surface area contributed by atoms with E-state index < -0.39 is 19.9 Å². The van der Waals surface area contributed by atoms with Gasteiger partial charge in [-0.1, -0.05) is 39.1 Å². The van der Waals surface area contributed by atoms with Crippen molar-refractivity contribution in [3.63, 3.8) is 0 Å². The first kappa shape index (κ1) is 18.2. The highest BCUT2D eigenvalue weighted by atomic mass is 79.9. The smallest absolute Gasteiger partial charge is 0.229 e. The zero-order valence-electron chi connectivity index (χ0n) is 10.6. The maximum atomic E-state index is 12.3. The Balaban J connectivity index is 3.18. The summed E-state index contributed by atoms with van der Waals surface area (Å²) in [5.74, 6) is -0.283. The number of nitrogens with zero attached hydrogens (tertiary/aromatic N) is 1. The molecule has 0 unspecified atom stereocenters. The summed E-state index contributed by atoms with van der Waals surface area (Å²) in [4.78, 5) is -0.236. The number of rotatable bonds is 5. The molecule has 0 atom stereocenters. The molecule has 20 heavy (non-hydrogen) atoms. The molecule has 10 heteroatoms. The molecule has 0 saturated heterocycles. The SMILES string of the molecule is CN(CCS(C)(=O)=O)S(=O)(=O)c1c(Cl)cc(Br)cc1Cl. The summed E-state index contributed by atoms with van der Waals surface area (Å²) in [6, 6.07) is 2.81. The molecule has 1 aromatic carbocycles. The van der Waals surface area contributed by atoms with Gasteiger partial charge in [-0.2, -0.15) is 4.31 Å². The predicted octanol–water partition coefficient (Wildman–Crippen LogP) is 2.42. The van der Waals surface area contributed by atoms with Crippen molar-refractivity contribution < 1.29 is 16.8 Å². The van der Waals surface area contributed by atoms with Crippen molar-refractivity contribution in [1.29, 1.82) is 0 Å². The van der Waals surface area contributed by atoms with Gasteiger partial charge in [-0.25, -0.2) is 16.8 Å². The van der Waals surface area contributed by atoms with Gasteiger partial charge < -0.3 is 0 Å². The van der Waals surface area contributed by atoms with Crippen molar-refractivity contribution in [2.45, 2.75) is 4.90 Å². The van der Waals surface area contributed by atoms with E-state index >= 15 is 0 Å². The number of benzene rings is 1. The number of sulfone groups is 1. The van der Waals surface area contributed by atoms with Crippen molar-refractivity contribution >= 4 is 59.0 Å². The Morgan fingerprint density at radius 3 is 2.00 bits per heavy atom. The van der Waals surface area contributed by atoms with Crippen LogP contribution in [-0.2, 0) is 19.9 Å². The van der Waals surface area contributed by atoms with Crippen LogP contribution in [0.2, 0.25) is 10.0 Å². The molecule has 0 aliphatic rings. The van der Waals surface area contributed by atoms with Crippen LogP contribution in [0.25, 0.3) is 0 Å². The van der Waals surface area contributed by atoms with Crippen LogP contribution < -0.4 is 0 Å². The van der Waals surface area contributed by atoms with E-state index in [1.54, 1.807) is 0 Å². The highest BCUT2D eigenvalue weighted by Gasteiger charge is 2.27. The first-order valence-corrected chi connectivity index (χ1v) is 10.3. The molecule has 0 saturated carbocycles. The van der Waals surface area contributed by atoms with Crippen molar-refractivity contribution in [1.82, 2.24) is 4.31 Å². The van der Waals surface area contributed by atoms with E-state index in [9.17, 15) is 16.8 Å². The van der Waals surface area contributed by atoms with Gasteiger partial charge >= 0.3 is 0 Å². The summed E-state index contributed by atoms with van der Waals surface area (Å²) in [6.45, 7) is -0.177. The van der Waals surface area contributed by atoms with Gasteiger partial charge in [0.2, 0.25) is 10.0 Å². The van der Waals surface area contributed by atoms with Gasteiger partial charge in [0.25, 0.3) is 0 Å². The third kappa shape index (κ3) is 4.57. The minimum absolute atomic E-state index is 0.0319. The van der Waals surface area contributed by atoms with E-state index in [0.717, 1.165) is 10.6 Å². The van der Waals surface area contributed by atoms with Crippen molar-refractivity contribution in [3.05, 3.63) is 26.7 Å². The third-order valence-corrected chi connectivity index (χ3v) is 6.57. The number of sulfonamides is 1. The molecule has 0 heterocycles. The minimum atomic E-state index is -3.96. The summed E-state index contributed by atoms with van der Waals surface area (Å²) in [6.07, 6.45) is 1.03. The second-order valence-electron chi connectivity index (χ2n) is 4.16. The first-order chi connectivity index (χ1) is 8.95. The number of hydrogen-bond acceptors (Lipinski definition) is 4. The van der Waals surface area contributed by atoms with E-state index in [1.165, 1.54) is 19.2 Å². The summed E-state index contributed by atoms with van der Waals surface area (Å²) in [5, 5.41) is -0.0637. The maximum Gasteiger partial charge on any atom is 0.245 e. The Morgan fingerprint density at radius 1 is 1.15 bits per heavy atom. The molecular formula is C10H12BrCl2NO4S2. The Bertz CT molecular complexity index is 696. The van der Waals surface area contributed by atoms with E-state index in [-0.39, 0.29) is 27.2 Å². The predicted molar refractivity (Wildman–Crippen MR) is 83.7 cm³/mol.